The van der Waals surface area contributed by atoms with Gasteiger partial charge in [0.1, 0.15) is 17.0 Å². The number of hydrogen-bond donors (Lipinski definition) is 2. The molecule has 0 spiro atoms. The summed E-state index contributed by atoms with van der Waals surface area (Å²) >= 11 is 0. The number of nitrogens with two attached hydrogens (primary N) is 1. The van der Waals surface area contributed by atoms with Gasteiger partial charge in [0.25, 0.3) is 0 Å². The Labute approximate surface area is 169 Å². The molecule has 1 saturated heterocycles. The van der Waals surface area contributed by atoms with Crippen molar-refractivity contribution in [3.8, 4) is 11.1 Å². The Morgan fingerprint density at radius 3 is 2.90 bits per heavy atom. The van der Waals surface area contributed by atoms with Crippen LogP contribution in [-0.4, -0.2) is 47.0 Å². The molecule has 1 fully saturated rings. The van der Waals surface area contributed by atoms with Crippen molar-refractivity contribution >= 4 is 28.6 Å². The van der Waals surface area contributed by atoms with Crippen LogP contribution in [0.2, 0.25) is 0 Å². The average molecular weight is 388 g/mol. The highest BCUT2D eigenvalue weighted by Gasteiger charge is 2.23. The van der Waals surface area contributed by atoms with Crippen molar-refractivity contribution in [2.75, 3.05) is 24.7 Å². The summed E-state index contributed by atoms with van der Waals surface area (Å²) in [5, 5.41) is 8.32. The molecule has 3 aromatic heterocycles. The van der Waals surface area contributed by atoms with Crippen LogP contribution in [0.15, 0.2) is 42.7 Å². The Hall–Kier alpha value is -3.32. The number of pyridine rings is 3. The molecule has 1 atom stereocenters. The molecule has 0 aliphatic carbocycles. The number of anilines is 1. The van der Waals surface area contributed by atoms with Crippen molar-refractivity contribution < 1.29 is 4.74 Å². The Morgan fingerprint density at radius 1 is 1.28 bits per heavy atom. The van der Waals surface area contributed by atoms with Crippen molar-refractivity contribution in [2.24, 2.45) is 5.73 Å². The van der Waals surface area contributed by atoms with Crippen molar-refractivity contribution in [3.05, 3.63) is 54.1 Å². The van der Waals surface area contributed by atoms with E-state index < -0.39 is 0 Å². The lowest BCUT2D eigenvalue weighted by Gasteiger charge is -2.34. The molecule has 4 heterocycles. The van der Waals surface area contributed by atoms with Gasteiger partial charge < -0.3 is 20.8 Å². The number of ether oxygens (including phenoxy) is 1. The molecule has 7 nitrogen and oxygen atoms in total. The normalized spacial score (nSPS) is 17.5. The van der Waals surface area contributed by atoms with E-state index in [9.17, 15) is 0 Å². The predicted molar refractivity (Wildman–Crippen MR) is 116 cm³/mol. The van der Waals surface area contributed by atoms with Gasteiger partial charge in [-0.2, -0.15) is 0 Å². The molecule has 29 heavy (non-hydrogen) atoms. The zero-order chi connectivity index (χ0) is 20.4. The van der Waals surface area contributed by atoms with Gasteiger partial charge in [0.05, 0.1) is 25.0 Å². The smallest absolute Gasteiger partial charge is 0.130 e. The van der Waals surface area contributed by atoms with Crippen LogP contribution in [0.25, 0.3) is 27.7 Å². The third-order valence-corrected chi connectivity index (χ3v) is 5.21. The van der Waals surface area contributed by atoms with Gasteiger partial charge in [0.2, 0.25) is 0 Å². The maximum Gasteiger partial charge on any atom is 0.130 e. The third-order valence-electron chi connectivity index (χ3n) is 5.21. The van der Waals surface area contributed by atoms with Crippen LogP contribution in [-0.2, 0) is 4.74 Å². The van der Waals surface area contributed by atoms with E-state index in [1.54, 1.807) is 12.4 Å². The standard InChI is InChI=1S/C22H24N6O/c1-14-13-29-11-10-28(14)20-12-18(16-4-3-8-25-15(16)2)17-6-9-26-22(21(17)27-20)19(24)5-7-23/h3-9,12,14,23H,10-11,13,24H2,1-2H3/b19-5-,23-7?/t14-/m1/s1. The Morgan fingerprint density at radius 2 is 2.14 bits per heavy atom. The summed E-state index contributed by atoms with van der Waals surface area (Å²) in [5.74, 6) is 0.864. The predicted octanol–water partition coefficient (Wildman–Crippen LogP) is 3.17. The van der Waals surface area contributed by atoms with E-state index >= 15 is 0 Å². The molecular formula is C22H24N6O. The van der Waals surface area contributed by atoms with Crippen molar-refractivity contribution in [1.82, 2.24) is 15.0 Å². The number of morpholine rings is 1. The molecule has 7 heteroatoms. The molecule has 1 aliphatic heterocycles. The van der Waals surface area contributed by atoms with Gasteiger partial charge in [-0.05, 0) is 43.7 Å². The van der Waals surface area contributed by atoms with E-state index in [0.717, 1.165) is 46.3 Å². The van der Waals surface area contributed by atoms with E-state index in [0.29, 0.717) is 24.6 Å². The molecule has 0 amide bonds. The monoisotopic (exact) mass is 388 g/mol. The minimum atomic E-state index is 0.214. The number of nitrogens with one attached hydrogen (secondary N) is 1. The van der Waals surface area contributed by atoms with Gasteiger partial charge >= 0.3 is 0 Å². The van der Waals surface area contributed by atoms with E-state index in [4.69, 9.17) is 20.9 Å². The number of fused-ring (bicyclic) bond motifs is 1. The van der Waals surface area contributed by atoms with Crippen LogP contribution in [0.1, 0.15) is 18.3 Å². The molecule has 0 radical (unpaired) electrons. The van der Waals surface area contributed by atoms with E-state index in [1.165, 1.54) is 6.08 Å². The summed E-state index contributed by atoms with van der Waals surface area (Å²) < 4.78 is 5.60. The number of nitrogens with zero attached hydrogens (tertiary/aromatic N) is 4. The number of rotatable bonds is 4. The number of hydrogen-bond acceptors (Lipinski definition) is 7. The van der Waals surface area contributed by atoms with Gasteiger partial charge in [0, 0.05) is 41.8 Å². The van der Waals surface area contributed by atoms with Crippen LogP contribution in [0.4, 0.5) is 5.82 Å². The largest absolute Gasteiger partial charge is 0.397 e. The number of allylic oxidation sites excluding steroid dienone is 1. The fourth-order valence-electron chi connectivity index (χ4n) is 3.72. The van der Waals surface area contributed by atoms with E-state index in [1.807, 2.05) is 19.1 Å². The van der Waals surface area contributed by atoms with Crippen LogP contribution >= 0.6 is 0 Å². The molecule has 3 N–H and O–H groups in total. The van der Waals surface area contributed by atoms with Crippen LogP contribution in [0.3, 0.4) is 0 Å². The number of aryl methyl sites for hydroxylation is 1. The summed E-state index contributed by atoms with van der Waals surface area (Å²) in [6.45, 7) is 6.24. The highest BCUT2D eigenvalue weighted by Crippen LogP contribution is 2.35. The SMILES string of the molecule is Cc1ncccc1-c1cc(N2CCOC[C@H]2C)nc2c(/C(N)=C/C=N)nccc12. The minimum Gasteiger partial charge on any atom is -0.397 e. The molecule has 3 aromatic rings. The van der Waals surface area contributed by atoms with E-state index in [-0.39, 0.29) is 6.04 Å². The second-order valence-electron chi connectivity index (χ2n) is 7.13. The summed E-state index contributed by atoms with van der Waals surface area (Å²) in [4.78, 5) is 16.2. The molecule has 148 valence electrons. The van der Waals surface area contributed by atoms with Crippen LogP contribution in [0, 0.1) is 12.3 Å². The molecule has 0 unspecified atom stereocenters. The second kappa shape index (κ2) is 7.97. The molecular weight excluding hydrogens is 364 g/mol. The first-order valence-corrected chi connectivity index (χ1v) is 9.63. The Bertz CT molecular complexity index is 1090. The maximum atomic E-state index is 7.36. The highest BCUT2D eigenvalue weighted by molar-refractivity contribution is 6.01. The molecule has 0 saturated carbocycles. The Balaban J connectivity index is 2.02. The summed E-state index contributed by atoms with van der Waals surface area (Å²) in [6.07, 6.45) is 6.22. The van der Waals surface area contributed by atoms with Crippen LogP contribution in [0.5, 0.6) is 0 Å². The third kappa shape index (κ3) is 3.56. The van der Waals surface area contributed by atoms with Crippen molar-refractivity contribution in [1.29, 1.82) is 5.41 Å². The quantitative estimate of drug-likeness (QED) is 0.666. The lowest BCUT2D eigenvalue weighted by Crippen LogP contribution is -2.44. The van der Waals surface area contributed by atoms with E-state index in [2.05, 4.69) is 33.9 Å². The first kappa shape index (κ1) is 19.0. The van der Waals surface area contributed by atoms with Crippen molar-refractivity contribution in [2.45, 2.75) is 19.9 Å². The zero-order valence-electron chi connectivity index (χ0n) is 16.6. The molecule has 1 aliphatic rings. The van der Waals surface area contributed by atoms with Gasteiger partial charge in [-0.25, -0.2) is 4.98 Å². The number of aromatic nitrogens is 3. The zero-order valence-corrected chi connectivity index (χ0v) is 16.6. The van der Waals surface area contributed by atoms with Gasteiger partial charge in [0.15, 0.2) is 0 Å². The summed E-state index contributed by atoms with van der Waals surface area (Å²) in [6, 6.07) is 8.30. The fraction of sp³-hybridized carbons (Fsp3) is 0.273. The van der Waals surface area contributed by atoms with Crippen molar-refractivity contribution in [3.63, 3.8) is 0 Å². The lowest BCUT2D eigenvalue weighted by atomic mass is 9.99. The van der Waals surface area contributed by atoms with Gasteiger partial charge in [-0.15, -0.1) is 0 Å². The molecule has 0 aromatic carbocycles. The maximum absolute atomic E-state index is 7.36. The van der Waals surface area contributed by atoms with Gasteiger partial charge in [-0.1, -0.05) is 6.07 Å². The summed E-state index contributed by atoms with van der Waals surface area (Å²) in [5.41, 5.74) is 11.0. The van der Waals surface area contributed by atoms with Crippen LogP contribution < -0.4 is 10.6 Å². The second-order valence-corrected chi connectivity index (χ2v) is 7.13. The lowest BCUT2D eigenvalue weighted by molar-refractivity contribution is 0.0986. The first-order chi connectivity index (χ1) is 14.1. The molecule has 0 bridgehead atoms. The topological polar surface area (TPSA) is 101 Å². The summed E-state index contributed by atoms with van der Waals surface area (Å²) in [7, 11) is 0. The fourth-order valence-corrected chi connectivity index (χ4v) is 3.72. The average Bonchev–Trinajstić information content (AvgIpc) is 2.73. The molecule has 4 rings (SSSR count). The van der Waals surface area contributed by atoms with Gasteiger partial charge in [-0.3, -0.25) is 9.97 Å². The highest BCUT2D eigenvalue weighted by atomic mass is 16.5. The Kier molecular flexibility index (Phi) is 5.22. The first-order valence-electron chi connectivity index (χ1n) is 9.63. The minimum absolute atomic E-state index is 0.214.